The highest BCUT2D eigenvalue weighted by Gasteiger charge is 2.34. The number of hydrogen-bond acceptors (Lipinski definition) is 4. The molecule has 0 bridgehead atoms. The number of nitrogens with zero attached hydrogens (tertiary/aromatic N) is 1. The van der Waals surface area contributed by atoms with Crippen LogP contribution < -0.4 is 5.32 Å². The van der Waals surface area contributed by atoms with Crippen LogP contribution in [0.15, 0.2) is 18.2 Å². The Kier molecular flexibility index (Phi) is 5.67. The molecule has 1 aromatic rings. The molecule has 2 rings (SSSR count). The van der Waals surface area contributed by atoms with Crippen molar-refractivity contribution in [3.8, 4) is 0 Å². The van der Waals surface area contributed by atoms with Gasteiger partial charge >= 0.3 is 0 Å². The number of ether oxygens (including phenoxy) is 1. The molecular weight excluding hydrogens is 340 g/mol. The van der Waals surface area contributed by atoms with Gasteiger partial charge in [-0.15, -0.1) is 0 Å². The molecule has 1 heterocycles. The van der Waals surface area contributed by atoms with Crippen LogP contribution in [0.4, 0.5) is 0 Å². The van der Waals surface area contributed by atoms with E-state index < -0.39 is 10.0 Å². The number of carbonyl (C=O) groups excluding carboxylic acids is 1. The summed E-state index contributed by atoms with van der Waals surface area (Å²) in [6, 6.07) is 4.88. The van der Waals surface area contributed by atoms with Crippen molar-refractivity contribution in [1.82, 2.24) is 9.62 Å². The zero-order chi connectivity index (χ0) is 17.2. The zero-order valence-corrected chi connectivity index (χ0v) is 14.9. The Morgan fingerprint density at radius 3 is 2.70 bits per heavy atom. The first-order valence-corrected chi connectivity index (χ1v) is 9.25. The van der Waals surface area contributed by atoms with Gasteiger partial charge in [0.15, 0.2) is 0 Å². The Morgan fingerprint density at radius 1 is 1.39 bits per heavy atom. The number of aryl methyl sites for hydroxylation is 1. The van der Waals surface area contributed by atoms with Crippen LogP contribution >= 0.6 is 11.6 Å². The van der Waals surface area contributed by atoms with E-state index in [9.17, 15) is 13.2 Å². The SMILES string of the molecule is Cc1cccc(Cl)c1C(=O)N[C@H]1COC[C@H]1CS(=O)(=O)N(C)C. The number of hydrogen-bond donors (Lipinski definition) is 1. The molecule has 1 aliphatic heterocycles. The highest BCUT2D eigenvalue weighted by Crippen LogP contribution is 2.22. The fourth-order valence-corrected chi connectivity index (χ4v) is 3.98. The van der Waals surface area contributed by atoms with Crippen LogP contribution in [0.3, 0.4) is 0 Å². The predicted molar refractivity (Wildman–Crippen MR) is 89.2 cm³/mol. The van der Waals surface area contributed by atoms with Crippen LogP contribution in [0.1, 0.15) is 15.9 Å². The maximum absolute atomic E-state index is 12.5. The quantitative estimate of drug-likeness (QED) is 0.858. The summed E-state index contributed by atoms with van der Waals surface area (Å²) in [7, 11) is -0.372. The topological polar surface area (TPSA) is 75.7 Å². The van der Waals surface area contributed by atoms with Crippen molar-refractivity contribution in [2.75, 3.05) is 33.1 Å². The summed E-state index contributed by atoms with van der Waals surface area (Å²) in [6.45, 7) is 2.41. The number of halogens is 1. The lowest BCUT2D eigenvalue weighted by Crippen LogP contribution is -2.43. The number of amides is 1. The largest absolute Gasteiger partial charge is 0.379 e. The smallest absolute Gasteiger partial charge is 0.253 e. The minimum Gasteiger partial charge on any atom is -0.379 e. The molecule has 0 saturated carbocycles. The Hall–Kier alpha value is -1.15. The monoisotopic (exact) mass is 360 g/mol. The van der Waals surface area contributed by atoms with Gasteiger partial charge in [-0.1, -0.05) is 23.7 Å². The first kappa shape index (κ1) is 18.2. The molecule has 1 N–H and O–H groups in total. The minimum atomic E-state index is -3.36. The minimum absolute atomic E-state index is 0.0630. The van der Waals surface area contributed by atoms with Gasteiger partial charge in [-0.2, -0.15) is 0 Å². The standard InChI is InChI=1S/C15H21ClN2O4S/c1-10-5-4-6-12(16)14(10)15(19)17-13-8-22-7-11(13)9-23(20,21)18(2)3/h4-6,11,13H,7-9H2,1-3H3,(H,17,19)/t11-,13-/m0/s1. The maximum Gasteiger partial charge on any atom is 0.253 e. The van der Waals surface area contributed by atoms with E-state index in [-0.39, 0.29) is 23.6 Å². The summed E-state index contributed by atoms with van der Waals surface area (Å²) >= 11 is 6.10. The molecule has 23 heavy (non-hydrogen) atoms. The second-order valence-electron chi connectivity index (χ2n) is 5.87. The third kappa shape index (κ3) is 4.23. The summed E-state index contributed by atoms with van der Waals surface area (Å²) in [5.74, 6) is -0.656. The second-order valence-corrected chi connectivity index (χ2v) is 8.50. The molecule has 0 aliphatic carbocycles. The highest BCUT2D eigenvalue weighted by atomic mass is 35.5. The number of rotatable bonds is 5. The van der Waals surface area contributed by atoms with Gasteiger partial charge in [0.05, 0.1) is 35.6 Å². The molecule has 1 saturated heterocycles. The average Bonchev–Trinajstić information content (AvgIpc) is 2.84. The summed E-state index contributed by atoms with van der Waals surface area (Å²) in [4.78, 5) is 12.5. The highest BCUT2D eigenvalue weighted by molar-refractivity contribution is 7.89. The van der Waals surface area contributed by atoms with Gasteiger partial charge in [0.2, 0.25) is 10.0 Å². The molecular formula is C15H21ClN2O4S. The molecule has 8 heteroatoms. The molecule has 0 radical (unpaired) electrons. The van der Waals surface area contributed by atoms with Gasteiger partial charge in [0.1, 0.15) is 0 Å². The Morgan fingerprint density at radius 2 is 2.09 bits per heavy atom. The molecule has 0 aromatic heterocycles. The first-order valence-electron chi connectivity index (χ1n) is 7.26. The van der Waals surface area contributed by atoms with Crippen LogP contribution in [0, 0.1) is 12.8 Å². The second kappa shape index (κ2) is 7.17. The van der Waals surface area contributed by atoms with Gasteiger partial charge in [-0.25, -0.2) is 12.7 Å². The maximum atomic E-state index is 12.5. The van der Waals surface area contributed by atoms with E-state index in [1.807, 2.05) is 0 Å². The van der Waals surface area contributed by atoms with Crippen LogP contribution in [0.5, 0.6) is 0 Å². The lowest BCUT2D eigenvalue weighted by Gasteiger charge is -2.21. The van der Waals surface area contributed by atoms with E-state index in [0.29, 0.717) is 23.8 Å². The van der Waals surface area contributed by atoms with E-state index in [1.54, 1.807) is 25.1 Å². The molecule has 6 nitrogen and oxygen atoms in total. The van der Waals surface area contributed by atoms with Gasteiger partial charge in [-0.3, -0.25) is 4.79 Å². The summed E-state index contributed by atoms with van der Waals surface area (Å²) in [5, 5.41) is 3.23. The van der Waals surface area contributed by atoms with E-state index in [1.165, 1.54) is 18.4 Å². The summed E-state index contributed by atoms with van der Waals surface area (Å²) in [6.07, 6.45) is 0. The van der Waals surface area contributed by atoms with Crippen molar-refractivity contribution in [3.63, 3.8) is 0 Å². The molecule has 128 valence electrons. The Bertz CT molecular complexity index is 670. The molecule has 1 fully saturated rings. The third-order valence-electron chi connectivity index (χ3n) is 3.94. The van der Waals surface area contributed by atoms with E-state index in [0.717, 1.165) is 5.56 Å². The third-order valence-corrected chi connectivity index (χ3v) is 6.22. The zero-order valence-electron chi connectivity index (χ0n) is 13.4. The van der Waals surface area contributed by atoms with Crippen LogP contribution in [-0.2, 0) is 14.8 Å². The molecule has 1 amide bonds. The first-order chi connectivity index (χ1) is 10.7. The predicted octanol–water partition coefficient (Wildman–Crippen LogP) is 1.28. The van der Waals surface area contributed by atoms with Gasteiger partial charge in [0.25, 0.3) is 5.91 Å². The number of benzene rings is 1. The van der Waals surface area contributed by atoms with Crippen molar-refractivity contribution in [2.24, 2.45) is 5.92 Å². The number of nitrogens with one attached hydrogen (secondary N) is 1. The molecule has 1 aromatic carbocycles. The van der Waals surface area contributed by atoms with Gasteiger partial charge in [0, 0.05) is 20.0 Å². The van der Waals surface area contributed by atoms with E-state index >= 15 is 0 Å². The van der Waals surface area contributed by atoms with E-state index in [2.05, 4.69) is 5.32 Å². The fraction of sp³-hybridized carbons (Fsp3) is 0.533. The van der Waals surface area contributed by atoms with Crippen molar-refractivity contribution in [3.05, 3.63) is 34.3 Å². The lowest BCUT2D eigenvalue weighted by atomic mass is 10.0. The molecule has 1 aliphatic rings. The van der Waals surface area contributed by atoms with Crippen LogP contribution in [-0.4, -0.2) is 57.7 Å². The average molecular weight is 361 g/mol. The molecule has 2 atom stereocenters. The van der Waals surface area contributed by atoms with E-state index in [4.69, 9.17) is 16.3 Å². The lowest BCUT2D eigenvalue weighted by molar-refractivity contribution is 0.0925. The summed E-state index contributed by atoms with van der Waals surface area (Å²) < 4.78 is 30.6. The normalized spacial score (nSPS) is 21.6. The van der Waals surface area contributed by atoms with Crippen molar-refractivity contribution in [1.29, 1.82) is 0 Å². The van der Waals surface area contributed by atoms with Crippen LogP contribution in [0.2, 0.25) is 5.02 Å². The molecule has 0 unspecified atom stereocenters. The van der Waals surface area contributed by atoms with Gasteiger partial charge < -0.3 is 10.1 Å². The number of sulfonamides is 1. The fourth-order valence-electron chi connectivity index (χ4n) is 2.50. The van der Waals surface area contributed by atoms with Crippen LogP contribution in [0.25, 0.3) is 0 Å². The van der Waals surface area contributed by atoms with Crippen molar-refractivity contribution < 1.29 is 17.9 Å². The Balaban J connectivity index is 2.11. The summed E-state index contributed by atoms with van der Waals surface area (Å²) in [5.41, 5.74) is 1.18. The number of carbonyl (C=O) groups is 1. The van der Waals surface area contributed by atoms with Gasteiger partial charge in [-0.05, 0) is 18.6 Å². The van der Waals surface area contributed by atoms with Crippen molar-refractivity contribution in [2.45, 2.75) is 13.0 Å². The van der Waals surface area contributed by atoms with Crippen molar-refractivity contribution >= 4 is 27.5 Å². The molecule has 0 spiro atoms. The Labute approximate surface area is 141 Å².